The number of benzene rings is 2. The molecule has 0 aliphatic heterocycles. The van der Waals surface area contributed by atoms with Gasteiger partial charge >= 0.3 is 5.97 Å². The molecule has 1 N–H and O–H groups in total. The first-order valence-corrected chi connectivity index (χ1v) is 7.97. The molecule has 7 nitrogen and oxygen atoms in total. The number of aromatic nitrogens is 2. The Balaban J connectivity index is 1.91. The summed E-state index contributed by atoms with van der Waals surface area (Å²) >= 11 is 0. The van der Waals surface area contributed by atoms with E-state index in [1.807, 2.05) is 0 Å². The molecule has 0 radical (unpaired) electrons. The Kier molecular flexibility index (Phi) is 4.79. The molecule has 1 amide bonds. The molecule has 1 atom stereocenters. The zero-order valence-electron chi connectivity index (χ0n) is 14.3. The predicted molar refractivity (Wildman–Crippen MR) is 97.1 cm³/mol. The monoisotopic (exact) mass is 351 g/mol. The molecule has 0 spiro atoms. The van der Waals surface area contributed by atoms with Crippen LogP contribution in [0.15, 0.2) is 59.7 Å². The van der Waals surface area contributed by atoms with Gasteiger partial charge in [-0.25, -0.2) is 9.78 Å². The lowest BCUT2D eigenvalue weighted by Crippen LogP contribution is -2.32. The third-order valence-corrected chi connectivity index (χ3v) is 4.08. The molecular formula is C19H17N3O4. The standard InChI is InChI=1S/C19H17N3O4/c1-12(22-11-20-15-9-5-3-7-13(15)18(22)24)17(23)21-16-10-6-4-8-14(16)19(25)26-2/h3-12H,1-2H3,(H,21,23). The largest absolute Gasteiger partial charge is 0.465 e. The molecule has 26 heavy (non-hydrogen) atoms. The van der Waals surface area contributed by atoms with Crippen molar-refractivity contribution in [3.63, 3.8) is 0 Å². The Morgan fingerprint density at radius 3 is 2.58 bits per heavy atom. The molecule has 0 aliphatic carbocycles. The Morgan fingerprint density at radius 2 is 1.81 bits per heavy atom. The summed E-state index contributed by atoms with van der Waals surface area (Å²) in [5.74, 6) is -1.00. The van der Waals surface area contributed by atoms with E-state index in [9.17, 15) is 14.4 Å². The van der Waals surface area contributed by atoms with Crippen molar-refractivity contribution in [3.8, 4) is 0 Å². The van der Waals surface area contributed by atoms with Crippen molar-refractivity contribution in [2.45, 2.75) is 13.0 Å². The summed E-state index contributed by atoms with van der Waals surface area (Å²) in [5, 5.41) is 3.11. The summed E-state index contributed by atoms with van der Waals surface area (Å²) in [7, 11) is 1.27. The average molecular weight is 351 g/mol. The number of carbonyl (C=O) groups is 2. The van der Waals surface area contributed by atoms with Crippen LogP contribution in [0.2, 0.25) is 0 Å². The number of para-hydroxylation sites is 2. The van der Waals surface area contributed by atoms with Crippen LogP contribution in [0.25, 0.3) is 10.9 Å². The van der Waals surface area contributed by atoms with Crippen LogP contribution in [0.3, 0.4) is 0 Å². The highest BCUT2D eigenvalue weighted by Gasteiger charge is 2.20. The Hall–Kier alpha value is -3.48. The molecule has 2 aromatic carbocycles. The molecular weight excluding hydrogens is 334 g/mol. The molecule has 0 aliphatic rings. The highest BCUT2D eigenvalue weighted by Crippen LogP contribution is 2.18. The van der Waals surface area contributed by atoms with Gasteiger partial charge in [-0.05, 0) is 31.2 Å². The third kappa shape index (κ3) is 3.19. The van der Waals surface area contributed by atoms with E-state index in [1.165, 1.54) is 18.0 Å². The van der Waals surface area contributed by atoms with Crippen LogP contribution >= 0.6 is 0 Å². The maximum atomic E-state index is 12.6. The second-order valence-electron chi connectivity index (χ2n) is 5.68. The first kappa shape index (κ1) is 17.3. The lowest BCUT2D eigenvalue weighted by Gasteiger charge is -2.16. The molecule has 1 aromatic heterocycles. The van der Waals surface area contributed by atoms with Gasteiger partial charge in [0, 0.05) is 0 Å². The van der Waals surface area contributed by atoms with Crippen LogP contribution in [0, 0.1) is 0 Å². The summed E-state index contributed by atoms with van der Waals surface area (Å²) < 4.78 is 5.98. The Labute approximate surface area is 149 Å². The van der Waals surface area contributed by atoms with Crippen molar-refractivity contribution in [3.05, 3.63) is 70.8 Å². The van der Waals surface area contributed by atoms with Crippen molar-refractivity contribution in [1.29, 1.82) is 0 Å². The second kappa shape index (κ2) is 7.18. The number of nitrogens with one attached hydrogen (secondary N) is 1. The summed E-state index contributed by atoms with van der Waals surface area (Å²) in [4.78, 5) is 41.3. The number of hydrogen-bond donors (Lipinski definition) is 1. The lowest BCUT2D eigenvalue weighted by atomic mass is 10.1. The quantitative estimate of drug-likeness (QED) is 0.729. The smallest absolute Gasteiger partial charge is 0.339 e. The third-order valence-electron chi connectivity index (χ3n) is 4.08. The summed E-state index contributed by atoms with van der Waals surface area (Å²) in [6.45, 7) is 1.59. The fraction of sp³-hybridized carbons (Fsp3) is 0.158. The number of nitrogens with zero attached hydrogens (tertiary/aromatic N) is 2. The van der Waals surface area contributed by atoms with E-state index in [0.717, 1.165) is 0 Å². The number of hydrogen-bond acceptors (Lipinski definition) is 5. The van der Waals surface area contributed by atoms with Gasteiger partial charge in [0.05, 0.1) is 35.6 Å². The molecule has 1 heterocycles. The highest BCUT2D eigenvalue weighted by molar-refractivity contribution is 6.02. The van der Waals surface area contributed by atoms with Gasteiger partial charge in [0.15, 0.2) is 0 Å². The van der Waals surface area contributed by atoms with Crippen LogP contribution in [0.1, 0.15) is 23.3 Å². The van der Waals surface area contributed by atoms with Gasteiger partial charge in [0.25, 0.3) is 5.56 Å². The van der Waals surface area contributed by atoms with Gasteiger partial charge in [0.1, 0.15) is 6.04 Å². The molecule has 0 bridgehead atoms. The maximum Gasteiger partial charge on any atom is 0.339 e. The van der Waals surface area contributed by atoms with E-state index in [-0.39, 0.29) is 11.1 Å². The minimum Gasteiger partial charge on any atom is -0.465 e. The van der Waals surface area contributed by atoms with Gasteiger partial charge in [-0.15, -0.1) is 0 Å². The van der Waals surface area contributed by atoms with Crippen molar-refractivity contribution in [1.82, 2.24) is 9.55 Å². The number of esters is 1. The topological polar surface area (TPSA) is 90.3 Å². The van der Waals surface area contributed by atoms with Crippen molar-refractivity contribution < 1.29 is 14.3 Å². The van der Waals surface area contributed by atoms with E-state index in [1.54, 1.807) is 55.5 Å². The summed E-state index contributed by atoms with van der Waals surface area (Å²) in [6.07, 6.45) is 1.35. The first-order valence-electron chi connectivity index (χ1n) is 7.97. The second-order valence-corrected chi connectivity index (χ2v) is 5.68. The summed E-state index contributed by atoms with van der Waals surface area (Å²) in [6, 6.07) is 12.6. The summed E-state index contributed by atoms with van der Waals surface area (Å²) in [5.41, 5.74) is 0.814. The van der Waals surface area contributed by atoms with Gasteiger partial charge < -0.3 is 10.1 Å². The minimum atomic E-state index is -0.815. The van der Waals surface area contributed by atoms with Gasteiger partial charge in [-0.2, -0.15) is 0 Å². The van der Waals surface area contributed by atoms with E-state index in [4.69, 9.17) is 4.74 Å². The van der Waals surface area contributed by atoms with E-state index >= 15 is 0 Å². The van der Waals surface area contributed by atoms with E-state index in [2.05, 4.69) is 10.3 Å². The van der Waals surface area contributed by atoms with Gasteiger partial charge in [-0.3, -0.25) is 14.2 Å². The fourth-order valence-electron chi connectivity index (χ4n) is 2.60. The molecule has 1 unspecified atom stereocenters. The Morgan fingerprint density at radius 1 is 1.12 bits per heavy atom. The molecule has 3 rings (SSSR count). The number of carbonyl (C=O) groups excluding carboxylic acids is 2. The average Bonchev–Trinajstić information content (AvgIpc) is 2.67. The Bertz CT molecular complexity index is 1040. The van der Waals surface area contributed by atoms with Crippen molar-refractivity contribution in [2.24, 2.45) is 0 Å². The lowest BCUT2D eigenvalue weighted by molar-refractivity contribution is -0.118. The zero-order chi connectivity index (χ0) is 18.7. The molecule has 132 valence electrons. The molecule has 7 heteroatoms. The highest BCUT2D eigenvalue weighted by atomic mass is 16.5. The van der Waals surface area contributed by atoms with E-state index in [0.29, 0.717) is 16.6 Å². The molecule has 3 aromatic rings. The SMILES string of the molecule is COC(=O)c1ccccc1NC(=O)C(C)n1cnc2ccccc2c1=O. The maximum absolute atomic E-state index is 12.6. The first-order chi connectivity index (χ1) is 12.5. The number of methoxy groups -OCH3 is 1. The van der Waals surface area contributed by atoms with Crippen LogP contribution in [0.4, 0.5) is 5.69 Å². The predicted octanol–water partition coefficient (Wildman–Crippen LogP) is 2.38. The van der Waals surface area contributed by atoms with Crippen LogP contribution in [-0.2, 0) is 9.53 Å². The number of rotatable bonds is 4. The van der Waals surface area contributed by atoms with Crippen LogP contribution < -0.4 is 10.9 Å². The molecule has 0 saturated carbocycles. The number of amides is 1. The molecule has 0 fully saturated rings. The van der Waals surface area contributed by atoms with Gasteiger partial charge in [0.2, 0.25) is 5.91 Å². The van der Waals surface area contributed by atoms with Crippen molar-refractivity contribution >= 4 is 28.5 Å². The zero-order valence-corrected chi connectivity index (χ0v) is 14.3. The number of anilines is 1. The molecule has 0 saturated heterocycles. The van der Waals surface area contributed by atoms with Crippen LogP contribution in [-0.4, -0.2) is 28.5 Å². The van der Waals surface area contributed by atoms with Crippen molar-refractivity contribution in [2.75, 3.05) is 12.4 Å². The fourth-order valence-corrected chi connectivity index (χ4v) is 2.60. The van der Waals surface area contributed by atoms with Crippen LogP contribution in [0.5, 0.6) is 0 Å². The van der Waals surface area contributed by atoms with Gasteiger partial charge in [-0.1, -0.05) is 24.3 Å². The van der Waals surface area contributed by atoms with E-state index < -0.39 is 17.9 Å². The number of ether oxygens (including phenoxy) is 1. The minimum absolute atomic E-state index is 0.236. The number of fused-ring (bicyclic) bond motifs is 1. The normalized spacial score (nSPS) is 11.8.